The van der Waals surface area contributed by atoms with Crippen LogP contribution in [0.25, 0.3) is 11.0 Å². The van der Waals surface area contributed by atoms with E-state index in [0.717, 1.165) is 29.7 Å². The van der Waals surface area contributed by atoms with Gasteiger partial charge in [-0.2, -0.15) is 0 Å². The van der Waals surface area contributed by atoms with Crippen LogP contribution in [0.5, 0.6) is 0 Å². The average Bonchev–Trinajstić information content (AvgIpc) is 3.32. The van der Waals surface area contributed by atoms with Crippen LogP contribution in [0.2, 0.25) is 0 Å². The van der Waals surface area contributed by atoms with Crippen molar-refractivity contribution in [2.75, 3.05) is 6.54 Å². The number of amides is 1. The summed E-state index contributed by atoms with van der Waals surface area (Å²) in [5.41, 5.74) is 8.99. The summed E-state index contributed by atoms with van der Waals surface area (Å²) in [4.78, 5) is 28.8. The molecule has 1 amide bonds. The maximum Gasteiger partial charge on any atom is 0.273 e. The summed E-state index contributed by atoms with van der Waals surface area (Å²) < 4.78 is 1.63. The third-order valence-electron chi connectivity index (χ3n) is 4.97. The summed E-state index contributed by atoms with van der Waals surface area (Å²) >= 11 is 0. The molecule has 1 atom stereocenters. The van der Waals surface area contributed by atoms with Gasteiger partial charge in [0.25, 0.3) is 5.56 Å². The van der Waals surface area contributed by atoms with E-state index >= 15 is 0 Å². The van der Waals surface area contributed by atoms with E-state index in [0.29, 0.717) is 36.3 Å². The standard InChI is InChI=1S/C17H25N5O2/c1-9-12(6-7-14(23)20-13(8-18)11-4-5-11)10(2)19-16-15(9)17(24)21-22(16)3/h11,13H,4-8,18H2,1-3H3,(H,20,23)(H,21,24). The van der Waals surface area contributed by atoms with Crippen molar-refractivity contribution in [2.24, 2.45) is 18.7 Å². The SMILES string of the molecule is Cc1nc2c(c(C)c1CCC(=O)NC(CN)C1CC1)c(=O)[nH]n2C. The van der Waals surface area contributed by atoms with Gasteiger partial charge in [-0.3, -0.25) is 19.4 Å². The molecule has 7 nitrogen and oxygen atoms in total. The fourth-order valence-corrected chi connectivity index (χ4v) is 3.40. The van der Waals surface area contributed by atoms with Crippen molar-refractivity contribution in [3.8, 4) is 0 Å². The van der Waals surface area contributed by atoms with Crippen molar-refractivity contribution in [3.05, 3.63) is 27.2 Å². The highest BCUT2D eigenvalue weighted by molar-refractivity contribution is 5.81. The molecule has 1 saturated carbocycles. The van der Waals surface area contributed by atoms with E-state index in [1.807, 2.05) is 13.8 Å². The van der Waals surface area contributed by atoms with Gasteiger partial charge in [-0.05, 0) is 50.2 Å². The Labute approximate surface area is 140 Å². The third kappa shape index (κ3) is 3.08. The summed E-state index contributed by atoms with van der Waals surface area (Å²) in [6, 6.07) is 0.0947. The van der Waals surface area contributed by atoms with Crippen molar-refractivity contribution in [1.82, 2.24) is 20.1 Å². The molecule has 2 heterocycles. The smallest absolute Gasteiger partial charge is 0.273 e. The molecular formula is C17H25N5O2. The molecule has 2 aromatic heterocycles. The number of pyridine rings is 1. The molecule has 0 radical (unpaired) electrons. The minimum atomic E-state index is -0.139. The summed E-state index contributed by atoms with van der Waals surface area (Å²) in [6.45, 7) is 4.33. The topological polar surface area (TPSA) is 106 Å². The number of aryl methyl sites for hydroxylation is 3. The monoisotopic (exact) mass is 331 g/mol. The second kappa shape index (κ2) is 6.39. The van der Waals surface area contributed by atoms with E-state index in [2.05, 4.69) is 15.4 Å². The van der Waals surface area contributed by atoms with Crippen LogP contribution >= 0.6 is 0 Å². The molecule has 0 spiro atoms. The van der Waals surface area contributed by atoms with Crippen LogP contribution in [0, 0.1) is 19.8 Å². The van der Waals surface area contributed by atoms with E-state index in [4.69, 9.17) is 5.73 Å². The van der Waals surface area contributed by atoms with Crippen LogP contribution in [0.15, 0.2) is 4.79 Å². The Morgan fingerprint density at radius 3 is 2.79 bits per heavy atom. The first-order valence-corrected chi connectivity index (χ1v) is 8.46. The lowest BCUT2D eigenvalue weighted by atomic mass is 10.00. The van der Waals surface area contributed by atoms with E-state index in [-0.39, 0.29) is 17.5 Å². The number of fused-ring (bicyclic) bond motifs is 1. The Bertz CT molecular complexity index is 832. The molecule has 1 fully saturated rings. The van der Waals surface area contributed by atoms with Gasteiger partial charge in [0.2, 0.25) is 5.91 Å². The highest BCUT2D eigenvalue weighted by atomic mass is 16.1. The van der Waals surface area contributed by atoms with Gasteiger partial charge < -0.3 is 11.1 Å². The van der Waals surface area contributed by atoms with E-state index in [1.165, 1.54) is 0 Å². The van der Waals surface area contributed by atoms with Crippen molar-refractivity contribution < 1.29 is 4.79 Å². The van der Waals surface area contributed by atoms with Gasteiger partial charge in [0.15, 0.2) is 5.65 Å². The van der Waals surface area contributed by atoms with Gasteiger partial charge in [-0.25, -0.2) is 4.98 Å². The molecule has 1 aliphatic rings. The molecule has 24 heavy (non-hydrogen) atoms. The summed E-state index contributed by atoms with van der Waals surface area (Å²) in [7, 11) is 1.77. The van der Waals surface area contributed by atoms with Gasteiger partial charge in [-0.1, -0.05) is 0 Å². The van der Waals surface area contributed by atoms with Crippen LogP contribution in [0.4, 0.5) is 0 Å². The lowest BCUT2D eigenvalue weighted by molar-refractivity contribution is -0.121. The number of carbonyl (C=O) groups excluding carboxylic acids is 1. The van der Waals surface area contributed by atoms with Gasteiger partial charge in [0.1, 0.15) is 0 Å². The number of nitrogens with two attached hydrogens (primary N) is 1. The molecule has 7 heteroatoms. The zero-order valence-electron chi connectivity index (χ0n) is 14.5. The molecule has 0 aliphatic heterocycles. The highest BCUT2D eigenvalue weighted by Gasteiger charge is 2.31. The second-order valence-electron chi connectivity index (χ2n) is 6.75. The molecule has 0 aromatic carbocycles. The predicted molar refractivity (Wildman–Crippen MR) is 92.8 cm³/mol. The van der Waals surface area contributed by atoms with Crippen molar-refractivity contribution in [3.63, 3.8) is 0 Å². The van der Waals surface area contributed by atoms with Crippen LogP contribution in [-0.2, 0) is 18.3 Å². The Morgan fingerprint density at radius 2 is 2.17 bits per heavy atom. The molecule has 1 aliphatic carbocycles. The Kier molecular flexibility index (Phi) is 4.45. The van der Waals surface area contributed by atoms with Crippen molar-refractivity contribution in [2.45, 2.75) is 45.6 Å². The molecule has 1 unspecified atom stereocenters. The van der Waals surface area contributed by atoms with E-state index < -0.39 is 0 Å². The molecular weight excluding hydrogens is 306 g/mol. The molecule has 130 valence electrons. The molecule has 3 rings (SSSR count). The number of aromatic nitrogens is 3. The first kappa shape index (κ1) is 16.7. The summed E-state index contributed by atoms with van der Waals surface area (Å²) in [6.07, 6.45) is 3.25. The van der Waals surface area contributed by atoms with Crippen LogP contribution in [0.3, 0.4) is 0 Å². The third-order valence-corrected chi connectivity index (χ3v) is 4.97. The van der Waals surface area contributed by atoms with Gasteiger partial charge in [0.05, 0.1) is 5.39 Å². The van der Waals surface area contributed by atoms with E-state index in [1.54, 1.807) is 11.7 Å². The Balaban J connectivity index is 1.76. The van der Waals surface area contributed by atoms with Gasteiger partial charge >= 0.3 is 0 Å². The Morgan fingerprint density at radius 1 is 1.46 bits per heavy atom. The van der Waals surface area contributed by atoms with Crippen LogP contribution < -0.4 is 16.6 Å². The first-order valence-electron chi connectivity index (χ1n) is 8.46. The number of aromatic amines is 1. The van der Waals surface area contributed by atoms with E-state index in [9.17, 15) is 9.59 Å². The number of hydrogen-bond acceptors (Lipinski definition) is 4. The number of nitrogens with one attached hydrogen (secondary N) is 2. The largest absolute Gasteiger partial charge is 0.352 e. The van der Waals surface area contributed by atoms with Crippen LogP contribution in [-0.4, -0.2) is 33.3 Å². The average molecular weight is 331 g/mol. The molecule has 2 aromatic rings. The number of carbonyl (C=O) groups is 1. The fourth-order valence-electron chi connectivity index (χ4n) is 3.40. The van der Waals surface area contributed by atoms with Gasteiger partial charge in [0, 0.05) is 31.7 Å². The first-order chi connectivity index (χ1) is 11.4. The predicted octanol–water partition coefficient (Wildman–Crippen LogP) is 0.665. The Hall–Kier alpha value is -2.15. The number of rotatable bonds is 6. The van der Waals surface area contributed by atoms with Crippen molar-refractivity contribution >= 4 is 16.9 Å². The second-order valence-corrected chi connectivity index (χ2v) is 6.75. The number of nitrogens with zero attached hydrogens (tertiary/aromatic N) is 2. The zero-order chi connectivity index (χ0) is 17.4. The van der Waals surface area contributed by atoms with Gasteiger partial charge in [-0.15, -0.1) is 0 Å². The minimum Gasteiger partial charge on any atom is -0.352 e. The quantitative estimate of drug-likeness (QED) is 0.723. The van der Waals surface area contributed by atoms with Crippen molar-refractivity contribution in [1.29, 1.82) is 0 Å². The highest BCUT2D eigenvalue weighted by Crippen LogP contribution is 2.32. The zero-order valence-corrected chi connectivity index (χ0v) is 14.5. The maximum absolute atomic E-state index is 12.2. The summed E-state index contributed by atoms with van der Waals surface area (Å²) in [5.74, 6) is 0.557. The minimum absolute atomic E-state index is 0.0122. The number of H-pyrrole nitrogens is 1. The lowest BCUT2D eigenvalue weighted by Crippen LogP contribution is -2.41. The number of hydrogen-bond donors (Lipinski definition) is 3. The van der Waals surface area contributed by atoms with Crippen LogP contribution in [0.1, 0.15) is 36.1 Å². The molecule has 0 saturated heterocycles. The molecule has 0 bridgehead atoms. The lowest BCUT2D eigenvalue weighted by Gasteiger charge is -2.16. The maximum atomic E-state index is 12.2. The fraction of sp³-hybridized carbons (Fsp3) is 0.588. The molecule has 4 N–H and O–H groups in total. The summed E-state index contributed by atoms with van der Waals surface area (Å²) in [5, 5.41) is 6.38. The normalized spacial score (nSPS) is 15.7.